The smallest absolute Gasteiger partial charge is 0.160 e. The van der Waals surface area contributed by atoms with Crippen molar-refractivity contribution in [3.8, 4) is 11.3 Å². The van der Waals surface area contributed by atoms with Crippen molar-refractivity contribution in [2.75, 3.05) is 0 Å². The van der Waals surface area contributed by atoms with Gasteiger partial charge in [0, 0.05) is 5.56 Å². The van der Waals surface area contributed by atoms with Crippen LogP contribution in [-0.2, 0) is 11.2 Å². The van der Waals surface area contributed by atoms with E-state index in [1.54, 1.807) is 12.1 Å². The summed E-state index contributed by atoms with van der Waals surface area (Å²) in [5, 5.41) is -0.135. The first-order valence-corrected chi connectivity index (χ1v) is 5.96. The van der Waals surface area contributed by atoms with Crippen molar-refractivity contribution in [3.05, 3.63) is 45.9 Å². The molecule has 5 heteroatoms. The van der Waals surface area contributed by atoms with Gasteiger partial charge in [0.25, 0.3) is 0 Å². The van der Waals surface area contributed by atoms with Crippen LogP contribution in [0.15, 0.2) is 28.7 Å². The summed E-state index contributed by atoms with van der Waals surface area (Å²) in [6.07, 6.45) is 0.225. The summed E-state index contributed by atoms with van der Waals surface area (Å²) < 4.78 is 18.7. The standard InChI is InChI=1S/C13H9Cl2FO2/c1-7(17)4-9-2-3-12(18-9)8-5-10(14)13(16)11(15)6-8/h2-3,5-6H,4H2,1H3. The van der Waals surface area contributed by atoms with Gasteiger partial charge in [-0.25, -0.2) is 4.39 Å². The monoisotopic (exact) mass is 286 g/mol. The van der Waals surface area contributed by atoms with Crippen LogP contribution in [0.25, 0.3) is 11.3 Å². The second-order valence-corrected chi connectivity index (χ2v) is 4.71. The van der Waals surface area contributed by atoms with Gasteiger partial charge in [0.1, 0.15) is 17.3 Å². The van der Waals surface area contributed by atoms with E-state index in [1.807, 2.05) is 0 Å². The van der Waals surface area contributed by atoms with Gasteiger partial charge in [0.05, 0.1) is 16.5 Å². The van der Waals surface area contributed by atoms with E-state index in [4.69, 9.17) is 27.6 Å². The molecule has 0 saturated carbocycles. The summed E-state index contributed by atoms with van der Waals surface area (Å²) in [7, 11) is 0. The van der Waals surface area contributed by atoms with Gasteiger partial charge in [-0.2, -0.15) is 0 Å². The third-order valence-corrected chi connectivity index (χ3v) is 2.90. The maximum Gasteiger partial charge on any atom is 0.160 e. The molecule has 2 aromatic rings. The fraction of sp³-hybridized carbons (Fsp3) is 0.154. The van der Waals surface area contributed by atoms with E-state index in [2.05, 4.69) is 0 Å². The van der Waals surface area contributed by atoms with Gasteiger partial charge in [-0.1, -0.05) is 23.2 Å². The highest BCUT2D eigenvalue weighted by molar-refractivity contribution is 6.35. The van der Waals surface area contributed by atoms with Crippen LogP contribution in [0.2, 0.25) is 10.0 Å². The lowest BCUT2D eigenvalue weighted by molar-refractivity contribution is -0.116. The number of benzene rings is 1. The zero-order valence-corrected chi connectivity index (χ0v) is 11.0. The normalized spacial score (nSPS) is 10.7. The van der Waals surface area contributed by atoms with Crippen LogP contribution in [0, 0.1) is 5.82 Å². The van der Waals surface area contributed by atoms with E-state index in [1.165, 1.54) is 19.1 Å². The van der Waals surface area contributed by atoms with Gasteiger partial charge in [-0.15, -0.1) is 0 Å². The average Bonchev–Trinajstić information content (AvgIpc) is 2.72. The summed E-state index contributed by atoms with van der Waals surface area (Å²) in [5.41, 5.74) is 0.571. The Labute approximate surface area is 113 Å². The van der Waals surface area contributed by atoms with Crippen molar-refractivity contribution in [3.63, 3.8) is 0 Å². The summed E-state index contributed by atoms with van der Waals surface area (Å²) in [5.74, 6) is 0.396. The molecule has 0 amide bonds. The van der Waals surface area contributed by atoms with Crippen LogP contribution in [0.4, 0.5) is 4.39 Å². The predicted octanol–water partition coefficient (Wildman–Crippen LogP) is 4.52. The molecule has 0 fully saturated rings. The molecule has 1 heterocycles. The highest BCUT2D eigenvalue weighted by Gasteiger charge is 2.12. The minimum Gasteiger partial charge on any atom is -0.461 e. The molecule has 1 aromatic carbocycles. The minimum absolute atomic E-state index is 0.00562. The molecule has 2 nitrogen and oxygen atoms in total. The third kappa shape index (κ3) is 2.74. The second kappa shape index (κ2) is 5.12. The predicted molar refractivity (Wildman–Crippen MR) is 68.5 cm³/mol. The number of ketones is 1. The first kappa shape index (κ1) is 13.1. The number of halogens is 3. The SMILES string of the molecule is CC(=O)Cc1ccc(-c2cc(Cl)c(F)c(Cl)c2)o1. The molecule has 0 aliphatic rings. The van der Waals surface area contributed by atoms with Gasteiger partial charge in [-0.3, -0.25) is 4.79 Å². The van der Waals surface area contributed by atoms with E-state index in [-0.39, 0.29) is 22.2 Å². The molecule has 0 radical (unpaired) electrons. The minimum atomic E-state index is -0.655. The summed E-state index contributed by atoms with van der Waals surface area (Å²) >= 11 is 11.4. The van der Waals surface area contributed by atoms with E-state index in [0.29, 0.717) is 17.1 Å². The van der Waals surface area contributed by atoms with Gasteiger partial charge < -0.3 is 4.42 Å². The maximum atomic E-state index is 13.3. The highest BCUT2D eigenvalue weighted by atomic mass is 35.5. The van der Waals surface area contributed by atoms with Crippen LogP contribution >= 0.6 is 23.2 Å². The van der Waals surface area contributed by atoms with Crippen LogP contribution in [0.1, 0.15) is 12.7 Å². The lowest BCUT2D eigenvalue weighted by Crippen LogP contribution is -1.93. The van der Waals surface area contributed by atoms with Crippen molar-refractivity contribution in [2.45, 2.75) is 13.3 Å². The van der Waals surface area contributed by atoms with Crippen molar-refractivity contribution >= 4 is 29.0 Å². The van der Waals surface area contributed by atoms with Crippen LogP contribution < -0.4 is 0 Å². The number of carbonyl (C=O) groups is 1. The Bertz CT molecular complexity index is 582. The number of Topliss-reactive ketones (excluding diaryl/α,β-unsaturated/α-hetero) is 1. The third-order valence-electron chi connectivity index (χ3n) is 2.35. The molecular formula is C13H9Cl2FO2. The Morgan fingerprint density at radius 1 is 1.28 bits per heavy atom. The first-order chi connectivity index (χ1) is 8.47. The first-order valence-electron chi connectivity index (χ1n) is 5.20. The molecule has 1 aromatic heterocycles. The molecular weight excluding hydrogens is 278 g/mol. The van der Waals surface area contributed by atoms with Crippen LogP contribution in [-0.4, -0.2) is 5.78 Å². The Kier molecular flexibility index (Phi) is 3.73. The molecule has 0 N–H and O–H groups in total. The molecule has 0 atom stereocenters. The molecule has 94 valence electrons. The lowest BCUT2D eigenvalue weighted by Gasteiger charge is -2.02. The molecule has 0 aliphatic carbocycles. The van der Waals surface area contributed by atoms with Crippen molar-refractivity contribution in [1.29, 1.82) is 0 Å². The largest absolute Gasteiger partial charge is 0.461 e. The molecule has 0 aliphatic heterocycles. The Hall–Kier alpha value is -1.32. The second-order valence-electron chi connectivity index (χ2n) is 3.90. The number of furan rings is 1. The van der Waals surface area contributed by atoms with Crippen molar-refractivity contribution in [1.82, 2.24) is 0 Å². The van der Waals surface area contributed by atoms with Crippen LogP contribution in [0.3, 0.4) is 0 Å². The van der Waals surface area contributed by atoms with Crippen molar-refractivity contribution < 1.29 is 13.6 Å². The topological polar surface area (TPSA) is 30.2 Å². The summed E-state index contributed by atoms with van der Waals surface area (Å²) in [6, 6.07) is 6.25. The van der Waals surface area contributed by atoms with Gasteiger partial charge in [0.2, 0.25) is 0 Å². The fourth-order valence-corrected chi connectivity index (χ4v) is 2.06. The van der Waals surface area contributed by atoms with Gasteiger partial charge in [0.15, 0.2) is 5.82 Å². The van der Waals surface area contributed by atoms with E-state index in [0.717, 1.165) is 0 Å². The summed E-state index contributed by atoms with van der Waals surface area (Å²) in [6.45, 7) is 1.48. The number of hydrogen-bond acceptors (Lipinski definition) is 2. The molecule has 2 rings (SSSR count). The highest BCUT2D eigenvalue weighted by Crippen LogP contribution is 2.31. The van der Waals surface area contributed by atoms with Gasteiger partial charge >= 0.3 is 0 Å². The van der Waals surface area contributed by atoms with Crippen molar-refractivity contribution in [2.24, 2.45) is 0 Å². The molecule has 18 heavy (non-hydrogen) atoms. The van der Waals surface area contributed by atoms with Gasteiger partial charge in [-0.05, 0) is 31.2 Å². The molecule has 0 spiro atoms. The number of rotatable bonds is 3. The quantitative estimate of drug-likeness (QED) is 0.777. The van der Waals surface area contributed by atoms with E-state index >= 15 is 0 Å². The Morgan fingerprint density at radius 2 is 1.89 bits per heavy atom. The maximum absolute atomic E-state index is 13.3. The fourth-order valence-electron chi connectivity index (χ4n) is 1.57. The van der Waals surface area contributed by atoms with E-state index < -0.39 is 5.82 Å². The average molecular weight is 287 g/mol. The Morgan fingerprint density at radius 3 is 2.44 bits per heavy atom. The van der Waals surface area contributed by atoms with Crippen LogP contribution in [0.5, 0.6) is 0 Å². The number of carbonyl (C=O) groups excluding carboxylic acids is 1. The lowest BCUT2D eigenvalue weighted by atomic mass is 10.2. The zero-order chi connectivity index (χ0) is 13.3. The number of hydrogen-bond donors (Lipinski definition) is 0. The molecule has 0 saturated heterocycles. The molecule has 0 bridgehead atoms. The molecule has 0 unspecified atom stereocenters. The zero-order valence-electron chi connectivity index (χ0n) is 9.47. The van der Waals surface area contributed by atoms with E-state index in [9.17, 15) is 9.18 Å². The Balaban J connectivity index is 2.37. The summed E-state index contributed by atoms with van der Waals surface area (Å²) in [4.78, 5) is 11.0.